The topological polar surface area (TPSA) is 72.7 Å². The minimum absolute atomic E-state index is 0.134. The summed E-state index contributed by atoms with van der Waals surface area (Å²) < 4.78 is 3.20. The van der Waals surface area contributed by atoms with E-state index in [1.165, 1.54) is 33.4 Å². The number of nitrogens with one attached hydrogen (secondary N) is 1. The Balaban J connectivity index is 1.28. The van der Waals surface area contributed by atoms with Crippen molar-refractivity contribution in [2.45, 2.75) is 18.6 Å². The molecule has 0 bridgehead atoms. The van der Waals surface area contributed by atoms with Gasteiger partial charge in [-0.15, -0.1) is 39.4 Å². The van der Waals surface area contributed by atoms with E-state index in [0.29, 0.717) is 16.8 Å². The van der Waals surface area contributed by atoms with Crippen molar-refractivity contribution in [2.75, 3.05) is 11.1 Å². The summed E-state index contributed by atoms with van der Waals surface area (Å²) in [4.78, 5) is 17.2. The van der Waals surface area contributed by atoms with Crippen LogP contribution in [0, 0.1) is 6.92 Å². The first kappa shape index (κ1) is 22.5. The smallest absolute Gasteiger partial charge is 0.236 e. The maximum atomic E-state index is 12.6. The number of aromatic nitrogens is 4. The molecule has 2 aromatic carbocycles. The number of fused-ring (bicyclic) bond motifs is 1. The van der Waals surface area contributed by atoms with Gasteiger partial charge in [0.25, 0.3) is 0 Å². The van der Waals surface area contributed by atoms with Gasteiger partial charge in [-0.2, -0.15) is 0 Å². The molecule has 0 atom stereocenters. The highest BCUT2D eigenvalue weighted by Crippen LogP contribution is 2.34. The van der Waals surface area contributed by atoms with Crippen molar-refractivity contribution in [3.8, 4) is 22.6 Å². The van der Waals surface area contributed by atoms with Crippen LogP contribution in [-0.2, 0) is 11.3 Å². The number of benzene rings is 2. The molecule has 170 valence electrons. The summed E-state index contributed by atoms with van der Waals surface area (Å²) in [6.45, 7) is 6.48. The predicted octanol–water partition coefficient (Wildman–Crippen LogP) is 6.51. The van der Waals surface area contributed by atoms with Gasteiger partial charge in [-0.1, -0.05) is 65.9 Å². The molecular formula is C25H21N5OS3. The van der Waals surface area contributed by atoms with Crippen LogP contribution in [0.15, 0.2) is 77.1 Å². The molecule has 5 aromatic rings. The molecule has 0 saturated carbocycles. The number of hydrogen-bond acceptors (Lipinski definition) is 7. The molecule has 0 fully saturated rings. The zero-order valence-corrected chi connectivity index (χ0v) is 20.8. The summed E-state index contributed by atoms with van der Waals surface area (Å²) in [6.07, 6.45) is 1.81. The summed E-state index contributed by atoms with van der Waals surface area (Å²) in [5, 5.41) is 18.2. The number of thiazole rings is 1. The zero-order chi connectivity index (χ0) is 23.5. The fourth-order valence-electron chi connectivity index (χ4n) is 3.51. The number of thiophene rings is 1. The van der Waals surface area contributed by atoms with E-state index in [-0.39, 0.29) is 11.7 Å². The van der Waals surface area contributed by atoms with Gasteiger partial charge in [0.2, 0.25) is 5.91 Å². The Hall–Kier alpha value is -3.27. The van der Waals surface area contributed by atoms with Gasteiger partial charge in [-0.05, 0) is 13.0 Å². The molecule has 0 aliphatic rings. The van der Waals surface area contributed by atoms with Gasteiger partial charge in [0, 0.05) is 38.5 Å². The second-order valence-electron chi connectivity index (χ2n) is 7.59. The first-order chi connectivity index (χ1) is 16.6. The van der Waals surface area contributed by atoms with Crippen molar-refractivity contribution in [1.29, 1.82) is 0 Å². The molecule has 0 aliphatic carbocycles. The third-order valence-corrected chi connectivity index (χ3v) is 7.87. The average molecular weight is 504 g/mol. The normalized spacial score (nSPS) is 11.1. The molecule has 0 unspecified atom stereocenters. The Bertz CT molecular complexity index is 1470. The van der Waals surface area contributed by atoms with Crippen LogP contribution in [0.2, 0.25) is 0 Å². The molecule has 3 heterocycles. The molecular weight excluding hydrogens is 483 g/mol. The van der Waals surface area contributed by atoms with E-state index >= 15 is 0 Å². The monoisotopic (exact) mass is 503 g/mol. The van der Waals surface area contributed by atoms with Gasteiger partial charge < -0.3 is 5.32 Å². The number of anilines is 1. The van der Waals surface area contributed by atoms with E-state index in [4.69, 9.17) is 0 Å². The first-order valence-corrected chi connectivity index (χ1v) is 13.3. The fourth-order valence-corrected chi connectivity index (χ4v) is 5.94. The summed E-state index contributed by atoms with van der Waals surface area (Å²) in [7, 11) is 0. The Labute approximate surface area is 209 Å². The lowest BCUT2D eigenvalue weighted by Crippen LogP contribution is -2.14. The highest BCUT2D eigenvalue weighted by Gasteiger charge is 2.18. The van der Waals surface area contributed by atoms with Crippen molar-refractivity contribution in [3.63, 3.8) is 0 Å². The minimum atomic E-state index is -0.134. The quantitative estimate of drug-likeness (QED) is 0.193. The van der Waals surface area contributed by atoms with Crippen molar-refractivity contribution in [2.24, 2.45) is 0 Å². The van der Waals surface area contributed by atoms with Crippen LogP contribution in [0.25, 0.3) is 32.7 Å². The third-order valence-electron chi connectivity index (χ3n) is 5.18. The number of carbonyl (C=O) groups excluding carboxylic acids is 1. The van der Waals surface area contributed by atoms with Gasteiger partial charge in [0.15, 0.2) is 16.1 Å². The van der Waals surface area contributed by atoms with E-state index in [0.717, 1.165) is 28.0 Å². The van der Waals surface area contributed by atoms with Crippen LogP contribution < -0.4 is 5.32 Å². The van der Waals surface area contributed by atoms with Crippen LogP contribution in [0.3, 0.4) is 0 Å². The summed E-state index contributed by atoms with van der Waals surface area (Å²) in [5.74, 6) is 0.854. The molecule has 0 saturated heterocycles. The van der Waals surface area contributed by atoms with Crippen LogP contribution in [0.1, 0.15) is 5.56 Å². The molecule has 3 aromatic heterocycles. The van der Waals surface area contributed by atoms with Gasteiger partial charge in [0.1, 0.15) is 0 Å². The van der Waals surface area contributed by atoms with Crippen molar-refractivity contribution in [3.05, 3.63) is 77.5 Å². The van der Waals surface area contributed by atoms with Crippen LogP contribution in [0.4, 0.5) is 5.13 Å². The second-order valence-corrected chi connectivity index (χ2v) is 10.3. The first-order valence-electron chi connectivity index (χ1n) is 10.6. The van der Waals surface area contributed by atoms with Crippen molar-refractivity contribution >= 4 is 55.6 Å². The third kappa shape index (κ3) is 4.68. The molecule has 0 aliphatic heterocycles. The highest BCUT2D eigenvalue weighted by atomic mass is 32.2. The summed E-state index contributed by atoms with van der Waals surface area (Å²) in [6, 6.07) is 16.4. The number of amides is 1. The zero-order valence-electron chi connectivity index (χ0n) is 18.4. The molecule has 5 rings (SSSR count). The van der Waals surface area contributed by atoms with Crippen LogP contribution in [-0.4, -0.2) is 31.4 Å². The Morgan fingerprint density at radius 2 is 1.94 bits per heavy atom. The largest absolute Gasteiger partial charge is 0.301 e. The lowest BCUT2D eigenvalue weighted by Gasteiger charge is -2.07. The molecule has 6 nitrogen and oxygen atoms in total. The fraction of sp³-hybridized carbons (Fsp3) is 0.120. The van der Waals surface area contributed by atoms with Gasteiger partial charge in [-0.3, -0.25) is 9.36 Å². The van der Waals surface area contributed by atoms with Crippen LogP contribution >= 0.6 is 34.4 Å². The van der Waals surface area contributed by atoms with Gasteiger partial charge in [0.05, 0.1) is 11.4 Å². The van der Waals surface area contributed by atoms with E-state index in [1.54, 1.807) is 11.3 Å². The van der Waals surface area contributed by atoms with E-state index in [9.17, 15) is 4.79 Å². The lowest BCUT2D eigenvalue weighted by molar-refractivity contribution is -0.113. The number of carbonyl (C=O) groups is 1. The standard InChI is InChI=1S/C25H21N5OS3/c1-3-12-30-23(19-13-32-21-7-5-4-6-18(19)21)28-29-25(30)34-15-22(31)27-24-26-20(14-33-24)17-10-8-16(2)9-11-17/h3-11,13-14H,1,12,15H2,2H3,(H,26,27,31). The number of allylic oxidation sites excluding steroid dienone is 1. The maximum absolute atomic E-state index is 12.6. The molecule has 34 heavy (non-hydrogen) atoms. The van der Waals surface area contributed by atoms with Crippen molar-refractivity contribution in [1.82, 2.24) is 19.7 Å². The Morgan fingerprint density at radius 1 is 1.12 bits per heavy atom. The molecule has 0 spiro atoms. The number of aryl methyl sites for hydroxylation is 1. The number of rotatable bonds is 8. The SMILES string of the molecule is C=CCn1c(SCC(=O)Nc2nc(-c3ccc(C)cc3)cs2)nnc1-c1csc2ccccc12. The van der Waals surface area contributed by atoms with Crippen molar-refractivity contribution < 1.29 is 4.79 Å². The van der Waals surface area contributed by atoms with Crippen LogP contribution in [0.5, 0.6) is 0 Å². The van der Waals surface area contributed by atoms with E-state index in [2.05, 4.69) is 63.6 Å². The lowest BCUT2D eigenvalue weighted by atomic mass is 10.1. The summed E-state index contributed by atoms with van der Waals surface area (Å²) in [5.41, 5.74) is 4.12. The predicted molar refractivity (Wildman–Crippen MR) is 143 cm³/mol. The number of nitrogens with zero attached hydrogens (tertiary/aromatic N) is 4. The number of hydrogen-bond donors (Lipinski definition) is 1. The summed E-state index contributed by atoms with van der Waals surface area (Å²) >= 11 is 4.45. The molecule has 1 amide bonds. The molecule has 1 N–H and O–H groups in total. The molecule has 0 radical (unpaired) electrons. The highest BCUT2D eigenvalue weighted by molar-refractivity contribution is 7.99. The Kier molecular flexibility index (Phi) is 6.57. The molecule has 9 heteroatoms. The van der Waals surface area contributed by atoms with Gasteiger partial charge in [-0.25, -0.2) is 4.98 Å². The van der Waals surface area contributed by atoms with Gasteiger partial charge >= 0.3 is 0 Å². The van der Waals surface area contributed by atoms with E-state index < -0.39 is 0 Å². The second kappa shape index (κ2) is 9.92. The average Bonchev–Trinajstić information content (AvgIpc) is 3.57. The van der Waals surface area contributed by atoms with E-state index in [1.807, 2.05) is 40.3 Å². The maximum Gasteiger partial charge on any atom is 0.236 e. The Morgan fingerprint density at radius 3 is 2.76 bits per heavy atom. The minimum Gasteiger partial charge on any atom is -0.301 e. The number of thioether (sulfide) groups is 1.